The molecule has 204 valence electrons. The lowest BCUT2D eigenvalue weighted by Crippen LogP contribution is -2.57. The van der Waals surface area contributed by atoms with Gasteiger partial charge in [0.25, 0.3) is 0 Å². The molecule has 11 unspecified atom stereocenters. The van der Waals surface area contributed by atoms with E-state index in [1.807, 2.05) is 4.90 Å². The number of amides is 2. The van der Waals surface area contributed by atoms with E-state index in [0.717, 1.165) is 25.9 Å². The van der Waals surface area contributed by atoms with Crippen LogP contribution in [0.15, 0.2) is 0 Å². The number of alkyl halides is 1. The van der Waals surface area contributed by atoms with Crippen molar-refractivity contribution in [2.24, 2.45) is 29.6 Å². The van der Waals surface area contributed by atoms with Crippen LogP contribution >= 0.6 is 23.4 Å². The van der Waals surface area contributed by atoms with Gasteiger partial charge in [-0.3, -0.25) is 31.1 Å². The molecule has 5 rings (SSSR count). The largest absolute Gasteiger partial charge is 0.380 e. The summed E-state index contributed by atoms with van der Waals surface area (Å²) >= 11 is 8.21. The van der Waals surface area contributed by atoms with Gasteiger partial charge in [0.05, 0.1) is 23.4 Å². The number of thioether (sulfide) groups is 1. The van der Waals surface area contributed by atoms with Crippen molar-refractivity contribution in [2.45, 2.75) is 61.1 Å². The molecule has 11 atom stereocenters. The van der Waals surface area contributed by atoms with Crippen LogP contribution in [0.1, 0.15) is 26.7 Å². The number of carbonyl (C=O) groups is 2. The number of rotatable bonds is 5. The van der Waals surface area contributed by atoms with Crippen molar-refractivity contribution in [3.05, 3.63) is 0 Å². The molecule has 5 aliphatic heterocycles. The molecule has 0 saturated carbocycles. The third-order valence-corrected chi connectivity index (χ3v) is 10.6. The number of methoxy groups -OCH3 is 1. The summed E-state index contributed by atoms with van der Waals surface area (Å²) in [4.78, 5) is 28.7. The van der Waals surface area contributed by atoms with Crippen molar-refractivity contribution in [3.63, 3.8) is 0 Å². The van der Waals surface area contributed by atoms with Crippen LogP contribution in [-0.4, -0.2) is 97.5 Å². The Bertz CT molecular complexity index is 798. The van der Waals surface area contributed by atoms with Crippen LogP contribution < -0.4 is 32.1 Å². The molecule has 0 spiro atoms. The molecule has 6 N–H and O–H groups in total. The molecule has 0 aromatic rings. The molecule has 12 heteroatoms. The highest BCUT2D eigenvalue weighted by Gasteiger charge is 2.47. The van der Waals surface area contributed by atoms with Gasteiger partial charge in [0, 0.05) is 63.7 Å². The highest BCUT2D eigenvalue weighted by molar-refractivity contribution is 8.00. The molecule has 5 fully saturated rings. The summed E-state index contributed by atoms with van der Waals surface area (Å²) in [6.45, 7) is 8.61. The number of likely N-dealkylation sites (tertiary alicyclic amines) is 1. The van der Waals surface area contributed by atoms with E-state index in [2.05, 4.69) is 46.0 Å². The molecule has 2 amide bonds. The Morgan fingerprint density at radius 1 is 1.00 bits per heavy atom. The lowest BCUT2D eigenvalue weighted by Gasteiger charge is -2.45. The summed E-state index contributed by atoms with van der Waals surface area (Å²) in [5.41, 5.74) is 6.05. The summed E-state index contributed by atoms with van der Waals surface area (Å²) < 4.78 is 5.80. The maximum Gasteiger partial charge on any atom is 0.227 e. The summed E-state index contributed by atoms with van der Waals surface area (Å²) in [7, 11) is 1.75. The van der Waals surface area contributed by atoms with Crippen molar-refractivity contribution >= 4 is 35.2 Å². The van der Waals surface area contributed by atoms with Gasteiger partial charge in [-0.1, -0.05) is 6.92 Å². The van der Waals surface area contributed by atoms with Crippen LogP contribution in [-0.2, 0) is 14.3 Å². The van der Waals surface area contributed by atoms with Crippen LogP contribution in [0.2, 0.25) is 0 Å². The Labute approximate surface area is 223 Å². The smallest absolute Gasteiger partial charge is 0.227 e. The van der Waals surface area contributed by atoms with Gasteiger partial charge in [0.15, 0.2) is 0 Å². The van der Waals surface area contributed by atoms with E-state index in [4.69, 9.17) is 16.3 Å². The molecule has 0 radical (unpaired) electrons. The molecule has 0 aliphatic carbocycles. The molecule has 5 aliphatic rings. The minimum atomic E-state index is -0.128. The second-order valence-corrected chi connectivity index (χ2v) is 13.2. The number of nitrogens with one attached hydrogen (secondary N) is 6. The number of halogens is 1. The van der Waals surface area contributed by atoms with Gasteiger partial charge in [0.2, 0.25) is 11.8 Å². The zero-order chi connectivity index (χ0) is 25.4. The van der Waals surface area contributed by atoms with Crippen molar-refractivity contribution in [1.82, 2.24) is 37.0 Å². The quantitative estimate of drug-likeness (QED) is 0.201. The third-order valence-electron chi connectivity index (χ3n) is 8.92. The van der Waals surface area contributed by atoms with Gasteiger partial charge in [0.1, 0.15) is 5.50 Å². The van der Waals surface area contributed by atoms with Crippen LogP contribution in [0, 0.1) is 29.6 Å². The van der Waals surface area contributed by atoms with Gasteiger partial charge in [-0.15, -0.1) is 23.4 Å². The first kappa shape index (κ1) is 26.9. The molecular weight excluding hydrogens is 502 g/mol. The normalized spacial score (nSPS) is 45.3. The number of hydrogen-bond acceptors (Lipinski definition) is 9. The van der Waals surface area contributed by atoms with Crippen LogP contribution in [0.3, 0.4) is 0 Å². The van der Waals surface area contributed by atoms with Gasteiger partial charge in [-0.05, 0) is 37.5 Å². The predicted molar refractivity (Wildman–Crippen MR) is 141 cm³/mol. The SMILES string of the molecule is COC1CNC(Cl)CC1C1CC(C)NCC1C(=O)NC1NC2CN(C(=O)C3CNNCC3C)CC2S1. The van der Waals surface area contributed by atoms with Gasteiger partial charge in [-0.25, -0.2) is 0 Å². The Morgan fingerprint density at radius 2 is 1.81 bits per heavy atom. The maximum atomic E-state index is 13.6. The zero-order valence-electron chi connectivity index (χ0n) is 21.5. The highest BCUT2D eigenvalue weighted by Crippen LogP contribution is 2.38. The molecule has 36 heavy (non-hydrogen) atoms. The molecule has 10 nitrogen and oxygen atoms in total. The lowest BCUT2D eigenvalue weighted by molar-refractivity contribution is -0.137. The standard InChI is InChI=1S/C24H42ClN7O3S/c1-12-6-28-29-8-16(12)23(34)32-10-18-20(11-32)36-24(30-18)31-22(33)17-7-26-13(2)4-14(17)15-5-21(25)27-9-19(15)35-3/h12-21,24,26-30H,4-11H2,1-3H3,(H,31,33). The van der Waals surface area contributed by atoms with Gasteiger partial charge >= 0.3 is 0 Å². The first-order valence-corrected chi connectivity index (χ1v) is 14.8. The second-order valence-electron chi connectivity index (χ2n) is 11.3. The zero-order valence-corrected chi connectivity index (χ0v) is 23.0. The van der Waals surface area contributed by atoms with E-state index >= 15 is 0 Å². The van der Waals surface area contributed by atoms with Crippen molar-refractivity contribution in [2.75, 3.05) is 46.4 Å². The minimum absolute atomic E-state index is 0.0159. The van der Waals surface area contributed by atoms with E-state index in [-0.39, 0.29) is 58.6 Å². The summed E-state index contributed by atoms with van der Waals surface area (Å²) in [6, 6.07) is 0.564. The number of fused-ring (bicyclic) bond motifs is 1. The minimum Gasteiger partial charge on any atom is -0.380 e. The van der Waals surface area contributed by atoms with E-state index in [1.165, 1.54) is 0 Å². The number of carbonyl (C=O) groups excluding carboxylic acids is 2. The molecular formula is C24H42ClN7O3S. The number of hydrazine groups is 1. The number of hydrogen-bond donors (Lipinski definition) is 6. The predicted octanol–water partition coefficient (Wildman–Crippen LogP) is -0.534. The number of piperidine rings is 2. The molecule has 5 heterocycles. The van der Waals surface area contributed by atoms with Crippen molar-refractivity contribution in [3.8, 4) is 0 Å². The highest BCUT2D eigenvalue weighted by atomic mass is 35.5. The third kappa shape index (κ3) is 5.68. The van der Waals surface area contributed by atoms with E-state index < -0.39 is 0 Å². The summed E-state index contributed by atoms with van der Waals surface area (Å²) in [5.74, 6) is 1.00. The Kier molecular flexibility index (Phi) is 8.68. The fraction of sp³-hybridized carbons (Fsp3) is 0.917. The molecule has 0 aromatic carbocycles. The molecule has 0 bridgehead atoms. The Balaban J connectivity index is 1.17. The topological polar surface area (TPSA) is 119 Å². The van der Waals surface area contributed by atoms with Crippen molar-refractivity contribution in [1.29, 1.82) is 0 Å². The fourth-order valence-corrected chi connectivity index (χ4v) is 8.47. The van der Waals surface area contributed by atoms with E-state index in [0.29, 0.717) is 43.4 Å². The Morgan fingerprint density at radius 3 is 2.56 bits per heavy atom. The summed E-state index contributed by atoms with van der Waals surface area (Å²) in [6.07, 6.45) is 1.80. The number of ether oxygens (including phenoxy) is 1. The molecule has 0 aromatic heterocycles. The first-order valence-electron chi connectivity index (χ1n) is 13.4. The first-order chi connectivity index (χ1) is 17.3. The van der Waals surface area contributed by atoms with Crippen molar-refractivity contribution < 1.29 is 14.3 Å². The monoisotopic (exact) mass is 543 g/mol. The summed E-state index contributed by atoms with van der Waals surface area (Å²) in [5, 5.41) is 14.0. The maximum absolute atomic E-state index is 13.6. The van der Waals surface area contributed by atoms with E-state index in [9.17, 15) is 9.59 Å². The Hall–Kier alpha value is -0.660. The lowest BCUT2D eigenvalue weighted by atomic mass is 9.70. The van der Waals surface area contributed by atoms with Crippen LogP contribution in [0.4, 0.5) is 0 Å². The van der Waals surface area contributed by atoms with Crippen LogP contribution in [0.5, 0.6) is 0 Å². The van der Waals surface area contributed by atoms with E-state index in [1.54, 1.807) is 18.9 Å². The second kappa shape index (κ2) is 11.6. The van der Waals surface area contributed by atoms with Crippen LogP contribution in [0.25, 0.3) is 0 Å². The average Bonchev–Trinajstić information content (AvgIpc) is 3.42. The fourth-order valence-electron chi connectivity index (χ4n) is 6.77. The number of nitrogens with zero attached hydrogens (tertiary/aromatic N) is 1. The average molecular weight is 544 g/mol. The van der Waals surface area contributed by atoms with Gasteiger partial charge < -0.3 is 20.3 Å². The molecule has 5 saturated heterocycles. The van der Waals surface area contributed by atoms with Gasteiger partial charge in [-0.2, -0.15) is 0 Å².